The minimum Gasteiger partial charge on any atom is -0.495 e. The smallest absolute Gasteiger partial charge is 0.271 e. The monoisotopic (exact) mass is 446 g/mol. The fraction of sp³-hybridized carbons (Fsp3) is 0.176. The number of nitrogens with zero attached hydrogens (tertiary/aromatic N) is 2. The van der Waals surface area contributed by atoms with Gasteiger partial charge in [0.1, 0.15) is 27.1 Å². The van der Waals surface area contributed by atoms with Gasteiger partial charge in [0.2, 0.25) is 0 Å². The lowest BCUT2D eigenvalue weighted by molar-refractivity contribution is -0.384. The van der Waals surface area contributed by atoms with Gasteiger partial charge in [-0.2, -0.15) is 0 Å². The van der Waals surface area contributed by atoms with Crippen molar-refractivity contribution in [2.45, 2.75) is 4.90 Å². The molecule has 0 aliphatic heterocycles. The van der Waals surface area contributed by atoms with E-state index in [0.717, 1.165) is 10.4 Å². The normalized spacial score (nSPS) is 11.0. The van der Waals surface area contributed by atoms with Gasteiger partial charge in [0.15, 0.2) is 0 Å². The summed E-state index contributed by atoms with van der Waals surface area (Å²) in [4.78, 5) is 10.2. The van der Waals surface area contributed by atoms with Gasteiger partial charge in [-0.3, -0.25) is 14.4 Å². The van der Waals surface area contributed by atoms with Crippen molar-refractivity contribution in [2.75, 3.05) is 25.1 Å². The zero-order valence-electron chi connectivity index (χ0n) is 14.9. The van der Waals surface area contributed by atoms with Gasteiger partial charge in [-0.05, 0) is 18.2 Å². The van der Waals surface area contributed by atoms with Gasteiger partial charge in [-0.1, -0.05) is 29.3 Å². The molecule has 0 atom stereocenters. The molecule has 0 spiro atoms. The number of nitro benzene ring substituents is 1. The summed E-state index contributed by atoms with van der Waals surface area (Å²) in [6, 6.07) is 6.21. The van der Waals surface area contributed by atoms with Crippen molar-refractivity contribution in [3.8, 4) is 11.5 Å². The lowest BCUT2D eigenvalue weighted by Crippen LogP contribution is -2.32. The predicted octanol–water partition coefficient (Wildman–Crippen LogP) is 4.30. The molecule has 8 nitrogen and oxygen atoms in total. The number of hydrogen-bond donors (Lipinski definition) is 0. The maximum Gasteiger partial charge on any atom is 0.271 e. The Morgan fingerprint density at radius 3 is 2.29 bits per heavy atom. The first kappa shape index (κ1) is 21.8. The van der Waals surface area contributed by atoms with Gasteiger partial charge in [0.25, 0.3) is 15.7 Å². The van der Waals surface area contributed by atoms with E-state index in [-0.39, 0.29) is 44.4 Å². The highest BCUT2D eigenvalue weighted by Gasteiger charge is 2.31. The molecule has 0 fully saturated rings. The predicted molar refractivity (Wildman–Crippen MR) is 107 cm³/mol. The first-order valence-corrected chi connectivity index (χ1v) is 9.86. The summed E-state index contributed by atoms with van der Waals surface area (Å²) in [5.74, 6) is 0.320. The van der Waals surface area contributed by atoms with Crippen LogP contribution in [0.25, 0.3) is 0 Å². The van der Waals surface area contributed by atoms with Crippen molar-refractivity contribution in [2.24, 2.45) is 0 Å². The van der Waals surface area contributed by atoms with Crippen LogP contribution in [-0.2, 0) is 10.0 Å². The zero-order valence-corrected chi connectivity index (χ0v) is 17.2. The summed E-state index contributed by atoms with van der Waals surface area (Å²) >= 11 is 12.2. The van der Waals surface area contributed by atoms with Gasteiger partial charge >= 0.3 is 0 Å². The molecule has 11 heteroatoms. The summed E-state index contributed by atoms with van der Waals surface area (Å²) in [5.41, 5.74) is -0.349. The van der Waals surface area contributed by atoms with Crippen LogP contribution in [0.15, 0.2) is 47.9 Å². The fourth-order valence-electron chi connectivity index (χ4n) is 2.42. The molecular formula is C17H16Cl2N2O6S. The molecule has 150 valence electrons. The Labute approximate surface area is 172 Å². The summed E-state index contributed by atoms with van der Waals surface area (Å²) in [5, 5.41) is 10.8. The van der Waals surface area contributed by atoms with Crippen LogP contribution in [0.1, 0.15) is 0 Å². The molecule has 2 aromatic carbocycles. The molecule has 0 aliphatic rings. The van der Waals surface area contributed by atoms with E-state index in [1.54, 1.807) is 0 Å². The Balaban J connectivity index is 2.73. The lowest BCUT2D eigenvalue weighted by atomic mass is 10.2. The number of halogens is 2. The van der Waals surface area contributed by atoms with Gasteiger partial charge < -0.3 is 9.47 Å². The van der Waals surface area contributed by atoms with E-state index in [1.807, 2.05) is 0 Å². The van der Waals surface area contributed by atoms with E-state index in [4.69, 9.17) is 32.7 Å². The van der Waals surface area contributed by atoms with Gasteiger partial charge in [0, 0.05) is 12.1 Å². The van der Waals surface area contributed by atoms with Crippen LogP contribution in [0, 0.1) is 10.1 Å². The van der Waals surface area contributed by atoms with E-state index in [0.29, 0.717) is 0 Å². The Bertz CT molecular complexity index is 1030. The number of methoxy groups -OCH3 is 2. The van der Waals surface area contributed by atoms with Crippen LogP contribution in [0.4, 0.5) is 11.4 Å². The third-order valence-corrected chi connectivity index (χ3v) is 6.53. The van der Waals surface area contributed by atoms with Crippen LogP contribution in [0.5, 0.6) is 11.5 Å². The molecule has 0 unspecified atom stereocenters. The van der Waals surface area contributed by atoms with Crippen LogP contribution in [-0.4, -0.2) is 34.1 Å². The zero-order chi connectivity index (χ0) is 21.1. The molecule has 0 saturated carbocycles. The number of hydrogen-bond acceptors (Lipinski definition) is 6. The van der Waals surface area contributed by atoms with E-state index < -0.39 is 14.9 Å². The molecule has 2 rings (SSSR count). The molecule has 0 radical (unpaired) electrons. The SMILES string of the molecule is C=CCN(c1cc([N+](=O)[O-])ccc1OC)S(=O)(=O)c1ccc(OC)c(Cl)c1Cl. The lowest BCUT2D eigenvalue weighted by Gasteiger charge is -2.25. The van der Waals surface area contributed by atoms with Crippen LogP contribution in [0.2, 0.25) is 10.0 Å². The summed E-state index contributed by atoms with van der Waals surface area (Å²) in [7, 11) is -1.60. The van der Waals surface area contributed by atoms with Gasteiger partial charge in [0.05, 0.1) is 30.7 Å². The molecule has 0 saturated heterocycles. The highest BCUT2D eigenvalue weighted by molar-refractivity contribution is 7.93. The Morgan fingerprint density at radius 1 is 1.14 bits per heavy atom. The maximum atomic E-state index is 13.3. The third-order valence-electron chi connectivity index (χ3n) is 3.74. The van der Waals surface area contributed by atoms with Crippen molar-refractivity contribution >= 4 is 44.6 Å². The Morgan fingerprint density at radius 2 is 1.75 bits per heavy atom. The largest absolute Gasteiger partial charge is 0.495 e. The standard InChI is InChI=1S/C17H16Cl2N2O6S/c1-4-9-20(12-10-11(21(22)23)5-6-13(12)26-2)28(24,25)15-8-7-14(27-3)16(18)17(15)19/h4-8,10H,1,9H2,2-3H3. The molecule has 0 aliphatic carbocycles. The second-order valence-electron chi connectivity index (χ2n) is 5.33. The highest BCUT2D eigenvalue weighted by Crippen LogP contribution is 2.41. The molecule has 0 bridgehead atoms. The highest BCUT2D eigenvalue weighted by atomic mass is 35.5. The topological polar surface area (TPSA) is 99.0 Å². The molecule has 0 heterocycles. The van der Waals surface area contributed by atoms with Crippen LogP contribution in [0.3, 0.4) is 0 Å². The van der Waals surface area contributed by atoms with Gasteiger partial charge in [-0.25, -0.2) is 8.42 Å². The van der Waals surface area contributed by atoms with Crippen molar-refractivity contribution < 1.29 is 22.8 Å². The number of non-ortho nitro benzene ring substituents is 1. The quantitative estimate of drug-likeness (QED) is 0.340. The van der Waals surface area contributed by atoms with Gasteiger partial charge in [-0.15, -0.1) is 6.58 Å². The molecule has 0 amide bonds. The first-order chi connectivity index (χ1) is 13.2. The molecule has 0 aromatic heterocycles. The first-order valence-electron chi connectivity index (χ1n) is 7.67. The van der Waals surface area contributed by atoms with Crippen LogP contribution >= 0.6 is 23.2 Å². The van der Waals surface area contributed by atoms with Crippen molar-refractivity contribution in [3.63, 3.8) is 0 Å². The summed E-state index contributed by atoms with van der Waals surface area (Å²) in [6.45, 7) is 3.36. The van der Waals surface area contributed by atoms with E-state index in [1.165, 1.54) is 44.6 Å². The fourth-order valence-corrected chi connectivity index (χ4v) is 4.68. The molecule has 2 aromatic rings. The number of sulfonamides is 1. The maximum absolute atomic E-state index is 13.3. The summed E-state index contributed by atoms with van der Waals surface area (Å²) < 4.78 is 37.7. The number of nitro groups is 1. The van der Waals surface area contributed by atoms with E-state index in [2.05, 4.69) is 6.58 Å². The second kappa shape index (κ2) is 8.68. The van der Waals surface area contributed by atoms with Crippen molar-refractivity contribution in [1.29, 1.82) is 0 Å². The second-order valence-corrected chi connectivity index (χ2v) is 7.92. The Hall–Kier alpha value is -2.49. The van der Waals surface area contributed by atoms with Crippen molar-refractivity contribution in [3.05, 3.63) is 63.1 Å². The van der Waals surface area contributed by atoms with Crippen molar-refractivity contribution in [1.82, 2.24) is 0 Å². The number of anilines is 1. The van der Waals surface area contributed by atoms with Crippen LogP contribution < -0.4 is 13.8 Å². The number of rotatable bonds is 8. The molecular weight excluding hydrogens is 431 g/mol. The third kappa shape index (κ3) is 4.01. The number of ether oxygens (including phenoxy) is 2. The molecule has 28 heavy (non-hydrogen) atoms. The minimum atomic E-state index is -4.28. The summed E-state index contributed by atoms with van der Waals surface area (Å²) in [6.07, 6.45) is 1.33. The minimum absolute atomic E-state index is 0.0420. The van der Waals surface area contributed by atoms with E-state index >= 15 is 0 Å². The van der Waals surface area contributed by atoms with E-state index in [9.17, 15) is 18.5 Å². The molecule has 0 N–H and O–H groups in total. The average molecular weight is 447 g/mol. The average Bonchev–Trinajstić information content (AvgIpc) is 2.67. The number of benzene rings is 2. The Kier molecular flexibility index (Phi) is 6.76.